The third-order valence-electron chi connectivity index (χ3n) is 8.61. The van der Waals surface area contributed by atoms with Crippen LogP contribution in [0.5, 0.6) is 11.5 Å². The summed E-state index contributed by atoms with van der Waals surface area (Å²) in [5.74, 6) is 1.70. The van der Waals surface area contributed by atoms with Crippen LogP contribution in [0.1, 0.15) is 77.8 Å². The maximum absolute atomic E-state index is 13.8. The second-order valence-electron chi connectivity index (χ2n) is 10.9. The molecule has 7 heteroatoms. The summed E-state index contributed by atoms with van der Waals surface area (Å²) in [5.41, 5.74) is 5.24. The standard InChI is InChI=1S/C30H39N3O4.C2H6/c1-7-33-29(35)32-18-23-16-24(36-5)17-25(37-6)27(23)21(4)15-26(32)30(33)8-10-31(11-9-30)28(34)22-13-19(2)12-20(3)14-22;1-2/h12-13,15-17,21-22H,7-11,14,18H2,1-6H3;1-2H3/t21-,22?;/m0./s1. The van der Waals surface area contributed by atoms with E-state index in [9.17, 15) is 9.59 Å². The number of piperidine rings is 1. The van der Waals surface area contributed by atoms with Crippen molar-refractivity contribution in [1.29, 1.82) is 0 Å². The number of amides is 3. The Morgan fingerprint density at radius 2 is 1.77 bits per heavy atom. The van der Waals surface area contributed by atoms with Gasteiger partial charge < -0.3 is 19.3 Å². The number of rotatable bonds is 4. The molecule has 39 heavy (non-hydrogen) atoms. The molecular formula is C32H45N3O4. The van der Waals surface area contributed by atoms with Crippen LogP contribution in [0, 0.1) is 5.92 Å². The van der Waals surface area contributed by atoms with E-state index in [1.54, 1.807) is 14.2 Å². The summed E-state index contributed by atoms with van der Waals surface area (Å²) in [5, 5.41) is 0. The quantitative estimate of drug-likeness (QED) is 0.456. The minimum Gasteiger partial charge on any atom is -0.497 e. The van der Waals surface area contributed by atoms with Gasteiger partial charge in [-0.3, -0.25) is 9.69 Å². The van der Waals surface area contributed by atoms with Gasteiger partial charge in [-0.05, 0) is 51.7 Å². The van der Waals surface area contributed by atoms with Crippen LogP contribution in [-0.2, 0) is 11.3 Å². The molecule has 1 aromatic rings. The van der Waals surface area contributed by atoms with E-state index in [4.69, 9.17) is 9.47 Å². The van der Waals surface area contributed by atoms with Crippen molar-refractivity contribution < 1.29 is 19.1 Å². The molecule has 1 aromatic carbocycles. The maximum Gasteiger partial charge on any atom is 0.325 e. The zero-order valence-electron chi connectivity index (χ0n) is 25.0. The van der Waals surface area contributed by atoms with Gasteiger partial charge in [0, 0.05) is 42.9 Å². The number of benzene rings is 1. The molecule has 2 atom stereocenters. The summed E-state index contributed by atoms with van der Waals surface area (Å²) in [7, 11) is 3.33. The third-order valence-corrected chi connectivity index (χ3v) is 8.61. The Morgan fingerprint density at radius 3 is 2.36 bits per heavy atom. The predicted octanol–water partition coefficient (Wildman–Crippen LogP) is 6.26. The summed E-state index contributed by atoms with van der Waals surface area (Å²) in [6, 6.07) is 3.99. The number of ether oxygens (including phenoxy) is 2. The Morgan fingerprint density at radius 1 is 1.08 bits per heavy atom. The zero-order chi connectivity index (χ0) is 28.5. The molecule has 0 aromatic heterocycles. The molecule has 212 valence electrons. The summed E-state index contributed by atoms with van der Waals surface area (Å²) in [6.45, 7) is 14.8. The van der Waals surface area contributed by atoms with E-state index in [2.05, 4.69) is 45.9 Å². The summed E-state index contributed by atoms with van der Waals surface area (Å²) in [4.78, 5) is 33.3. The minimum absolute atomic E-state index is 0.0435. The first-order valence-corrected chi connectivity index (χ1v) is 14.4. The Labute approximate surface area is 234 Å². The first-order valence-electron chi connectivity index (χ1n) is 14.4. The number of allylic oxidation sites excluding steroid dienone is 4. The number of fused-ring (bicyclic) bond motifs is 3. The van der Waals surface area contributed by atoms with Crippen LogP contribution in [-0.4, -0.2) is 66.0 Å². The molecule has 0 bridgehead atoms. The molecule has 3 amide bonds. The summed E-state index contributed by atoms with van der Waals surface area (Å²) < 4.78 is 11.3. The molecule has 0 radical (unpaired) electrons. The van der Waals surface area contributed by atoms with E-state index >= 15 is 0 Å². The fourth-order valence-electron chi connectivity index (χ4n) is 6.97. The van der Waals surface area contributed by atoms with Gasteiger partial charge in [-0.15, -0.1) is 0 Å². The molecule has 7 nitrogen and oxygen atoms in total. The highest BCUT2D eigenvalue weighted by Crippen LogP contribution is 2.49. The number of carbonyl (C=O) groups is 2. The van der Waals surface area contributed by atoms with Crippen LogP contribution in [0.3, 0.4) is 0 Å². The Kier molecular flexibility index (Phi) is 8.48. The van der Waals surface area contributed by atoms with Gasteiger partial charge in [-0.1, -0.05) is 50.1 Å². The van der Waals surface area contributed by atoms with E-state index in [0.29, 0.717) is 26.2 Å². The number of likely N-dealkylation sites (N-methyl/N-ethyl adjacent to an activating group) is 1. The lowest BCUT2D eigenvalue weighted by Crippen LogP contribution is -2.55. The van der Waals surface area contributed by atoms with E-state index in [0.717, 1.165) is 53.2 Å². The Bertz CT molecular complexity index is 1210. The van der Waals surface area contributed by atoms with Crippen molar-refractivity contribution in [1.82, 2.24) is 14.7 Å². The lowest BCUT2D eigenvalue weighted by atomic mass is 9.81. The summed E-state index contributed by atoms with van der Waals surface area (Å²) in [6.07, 6.45) is 8.80. The molecule has 5 rings (SSSR count). The molecule has 1 spiro atoms. The topological polar surface area (TPSA) is 62.3 Å². The monoisotopic (exact) mass is 535 g/mol. The van der Waals surface area contributed by atoms with Crippen molar-refractivity contribution in [3.63, 3.8) is 0 Å². The highest BCUT2D eigenvalue weighted by molar-refractivity contribution is 5.84. The number of methoxy groups -OCH3 is 2. The second-order valence-corrected chi connectivity index (χ2v) is 10.9. The molecule has 0 saturated carbocycles. The molecule has 4 aliphatic rings. The average Bonchev–Trinajstić information content (AvgIpc) is 3.03. The summed E-state index contributed by atoms with van der Waals surface area (Å²) >= 11 is 0. The molecular weight excluding hydrogens is 490 g/mol. The first kappa shape index (κ1) is 28.8. The van der Waals surface area contributed by atoms with E-state index in [1.807, 2.05) is 40.7 Å². The predicted molar refractivity (Wildman–Crippen MR) is 155 cm³/mol. The van der Waals surface area contributed by atoms with Gasteiger partial charge >= 0.3 is 6.03 Å². The molecule has 1 unspecified atom stereocenters. The normalized spacial score (nSPS) is 23.5. The van der Waals surface area contributed by atoms with Crippen molar-refractivity contribution in [2.75, 3.05) is 33.9 Å². The maximum atomic E-state index is 13.8. The lowest BCUT2D eigenvalue weighted by molar-refractivity contribution is -0.136. The Balaban J connectivity index is 0.00000172. The molecule has 1 aliphatic carbocycles. The van der Waals surface area contributed by atoms with E-state index in [1.165, 1.54) is 5.57 Å². The van der Waals surface area contributed by atoms with Crippen LogP contribution in [0.25, 0.3) is 0 Å². The number of urea groups is 1. The van der Waals surface area contributed by atoms with Crippen LogP contribution in [0.2, 0.25) is 0 Å². The fraction of sp³-hybridized carbons (Fsp3) is 0.562. The number of likely N-dealkylation sites (tertiary alicyclic amines) is 1. The second kappa shape index (κ2) is 11.5. The largest absolute Gasteiger partial charge is 0.497 e. The number of hydrogen-bond donors (Lipinski definition) is 0. The highest BCUT2D eigenvalue weighted by atomic mass is 16.5. The molecule has 3 aliphatic heterocycles. The number of nitrogens with zero attached hydrogens (tertiary/aromatic N) is 3. The van der Waals surface area contributed by atoms with Gasteiger partial charge in [0.15, 0.2) is 0 Å². The van der Waals surface area contributed by atoms with E-state index < -0.39 is 5.54 Å². The molecule has 3 heterocycles. The van der Waals surface area contributed by atoms with Crippen molar-refractivity contribution >= 4 is 11.9 Å². The average molecular weight is 536 g/mol. The number of hydrogen-bond acceptors (Lipinski definition) is 4. The SMILES string of the molecule is CC.CCN1C(=O)N2Cc3cc(OC)cc(OC)c3[C@@H](C)C=C2C12CCN(C(=O)C1C=C(C)C=C(C)C1)CC2. The molecule has 0 N–H and O–H groups in total. The van der Waals surface area contributed by atoms with Crippen molar-refractivity contribution in [3.8, 4) is 11.5 Å². The smallest absolute Gasteiger partial charge is 0.325 e. The van der Waals surface area contributed by atoms with Gasteiger partial charge in [0.1, 0.15) is 11.5 Å². The lowest BCUT2D eigenvalue weighted by Gasteiger charge is -2.45. The molecule has 2 saturated heterocycles. The van der Waals surface area contributed by atoms with Gasteiger partial charge in [0.2, 0.25) is 5.91 Å². The molecule has 2 fully saturated rings. The minimum atomic E-state index is -0.398. The van der Waals surface area contributed by atoms with Crippen molar-refractivity contribution in [3.05, 3.63) is 58.3 Å². The van der Waals surface area contributed by atoms with E-state index in [-0.39, 0.29) is 23.8 Å². The third kappa shape index (κ3) is 4.96. The van der Waals surface area contributed by atoms with Gasteiger partial charge in [0.05, 0.1) is 32.2 Å². The highest BCUT2D eigenvalue weighted by Gasteiger charge is 2.55. The van der Waals surface area contributed by atoms with Crippen molar-refractivity contribution in [2.24, 2.45) is 5.92 Å². The van der Waals surface area contributed by atoms with Crippen LogP contribution >= 0.6 is 0 Å². The zero-order valence-corrected chi connectivity index (χ0v) is 25.0. The van der Waals surface area contributed by atoms with Gasteiger partial charge in [0.25, 0.3) is 0 Å². The van der Waals surface area contributed by atoms with Gasteiger partial charge in [-0.25, -0.2) is 4.79 Å². The Hall–Kier alpha value is -3.22. The van der Waals surface area contributed by atoms with Crippen LogP contribution in [0.4, 0.5) is 4.79 Å². The first-order chi connectivity index (χ1) is 18.7. The van der Waals surface area contributed by atoms with Crippen LogP contribution in [0.15, 0.2) is 47.2 Å². The van der Waals surface area contributed by atoms with Gasteiger partial charge in [-0.2, -0.15) is 0 Å². The fourth-order valence-corrected chi connectivity index (χ4v) is 6.97. The number of carbonyl (C=O) groups excluding carboxylic acids is 2. The van der Waals surface area contributed by atoms with Crippen LogP contribution < -0.4 is 9.47 Å². The van der Waals surface area contributed by atoms with Crippen molar-refractivity contribution in [2.45, 2.75) is 78.8 Å².